The van der Waals surface area contributed by atoms with Crippen molar-refractivity contribution in [3.8, 4) is 0 Å². The zero-order chi connectivity index (χ0) is 31.9. The van der Waals surface area contributed by atoms with Crippen LogP contribution in [-0.2, 0) is 24.7 Å². The molecule has 3 aromatic heterocycles. The highest BCUT2D eigenvalue weighted by molar-refractivity contribution is 7.12. The van der Waals surface area contributed by atoms with Crippen LogP contribution in [0.4, 0.5) is 4.79 Å². The molecule has 5 rings (SSSR count). The van der Waals surface area contributed by atoms with E-state index < -0.39 is 17.9 Å². The summed E-state index contributed by atoms with van der Waals surface area (Å²) in [4.78, 5) is 51.2. The first-order chi connectivity index (χ1) is 21.7. The van der Waals surface area contributed by atoms with E-state index in [1.807, 2.05) is 24.1 Å². The minimum absolute atomic E-state index is 0.0411. The number of urea groups is 1. The van der Waals surface area contributed by atoms with Gasteiger partial charge in [-0.3, -0.25) is 9.78 Å². The van der Waals surface area contributed by atoms with Crippen LogP contribution in [0.5, 0.6) is 0 Å². The predicted molar refractivity (Wildman–Crippen MR) is 175 cm³/mol. The molecule has 1 saturated heterocycles. The number of aryl methyl sites for hydroxylation is 1. The molecular formula is C34H42N6O4S. The highest BCUT2D eigenvalue weighted by Gasteiger charge is 2.29. The molecule has 2 atom stereocenters. The van der Waals surface area contributed by atoms with Crippen molar-refractivity contribution in [2.75, 3.05) is 13.1 Å². The van der Waals surface area contributed by atoms with Gasteiger partial charge in [0, 0.05) is 66.8 Å². The monoisotopic (exact) mass is 630 g/mol. The van der Waals surface area contributed by atoms with E-state index in [0.717, 1.165) is 60.1 Å². The Morgan fingerprint density at radius 1 is 1.00 bits per heavy atom. The van der Waals surface area contributed by atoms with Crippen molar-refractivity contribution in [1.82, 2.24) is 30.1 Å². The number of fused-ring (bicyclic) bond motifs is 1. The van der Waals surface area contributed by atoms with E-state index in [1.54, 1.807) is 24.4 Å². The number of carbonyl (C=O) groups is 3. The number of amides is 3. The number of hydrogen-bond acceptors (Lipinski definition) is 6. The second-order valence-corrected chi connectivity index (χ2v) is 13.3. The molecular weight excluding hydrogens is 588 g/mol. The van der Waals surface area contributed by atoms with E-state index in [0.29, 0.717) is 23.5 Å². The molecule has 0 unspecified atom stereocenters. The molecule has 4 heterocycles. The maximum Gasteiger partial charge on any atom is 0.326 e. The van der Waals surface area contributed by atoms with Gasteiger partial charge in [0.15, 0.2) is 0 Å². The average Bonchev–Trinajstić information content (AvgIpc) is 3.44. The van der Waals surface area contributed by atoms with Gasteiger partial charge in [-0.2, -0.15) is 0 Å². The molecule has 1 aliphatic rings. The number of carboxylic acids is 1. The average molecular weight is 631 g/mol. The van der Waals surface area contributed by atoms with Crippen LogP contribution < -0.4 is 10.6 Å². The topological polar surface area (TPSA) is 129 Å². The van der Waals surface area contributed by atoms with Crippen LogP contribution in [0.2, 0.25) is 0 Å². The third-order valence-corrected chi connectivity index (χ3v) is 9.37. The first-order valence-corrected chi connectivity index (χ1v) is 16.5. The Labute approximate surface area is 267 Å². The Morgan fingerprint density at radius 3 is 2.42 bits per heavy atom. The highest BCUT2D eigenvalue weighted by Crippen LogP contribution is 2.32. The van der Waals surface area contributed by atoms with Crippen molar-refractivity contribution in [2.45, 2.75) is 70.9 Å². The number of nitrogens with zero attached hydrogens (tertiary/aromatic N) is 4. The van der Waals surface area contributed by atoms with Gasteiger partial charge in [0.05, 0.1) is 6.04 Å². The van der Waals surface area contributed by atoms with Gasteiger partial charge in [-0.25, -0.2) is 14.6 Å². The van der Waals surface area contributed by atoms with Crippen LogP contribution in [0.25, 0.3) is 10.9 Å². The number of rotatable bonds is 11. The number of aliphatic carboxylic acids is 1. The van der Waals surface area contributed by atoms with Crippen LogP contribution in [0.1, 0.15) is 83.6 Å². The molecule has 1 fully saturated rings. The molecule has 3 N–H and O–H groups in total. The van der Waals surface area contributed by atoms with E-state index in [2.05, 4.69) is 52.4 Å². The number of likely N-dealkylation sites (tertiary alicyclic amines) is 1. The van der Waals surface area contributed by atoms with E-state index >= 15 is 0 Å². The summed E-state index contributed by atoms with van der Waals surface area (Å²) in [5, 5.41) is 17.6. The Balaban J connectivity index is 1.48. The SMILES string of the molecule is CC(C)C[C@H](NC(=O)N1CCCCCC1)c1nc(C(=O)N[C@@H](Cc2ccccn2)C(=O)O)c(Cc2cn(C)c3ccccc23)s1. The lowest BCUT2D eigenvalue weighted by Gasteiger charge is -2.25. The summed E-state index contributed by atoms with van der Waals surface area (Å²) < 4.78 is 2.06. The number of benzene rings is 1. The van der Waals surface area contributed by atoms with Gasteiger partial charge in [-0.1, -0.05) is 51.0 Å². The van der Waals surface area contributed by atoms with Gasteiger partial charge >= 0.3 is 12.0 Å². The fourth-order valence-electron chi connectivity index (χ4n) is 5.92. The lowest BCUT2D eigenvalue weighted by Crippen LogP contribution is -2.43. The number of thiazole rings is 1. The van der Waals surface area contributed by atoms with Gasteiger partial charge < -0.3 is 25.2 Å². The van der Waals surface area contributed by atoms with Gasteiger partial charge in [-0.15, -0.1) is 11.3 Å². The molecule has 11 heteroatoms. The summed E-state index contributed by atoms with van der Waals surface area (Å²) in [5.74, 6) is -1.45. The zero-order valence-corrected chi connectivity index (χ0v) is 27.0. The van der Waals surface area contributed by atoms with Crippen molar-refractivity contribution in [3.63, 3.8) is 0 Å². The summed E-state index contributed by atoms with van der Waals surface area (Å²) in [7, 11) is 1.99. The van der Waals surface area contributed by atoms with Gasteiger partial charge in [0.2, 0.25) is 0 Å². The van der Waals surface area contributed by atoms with Gasteiger partial charge in [0.25, 0.3) is 5.91 Å². The minimum Gasteiger partial charge on any atom is -0.480 e. The Morgan fingerprint density at radius 2 is 1.73 bits per heavy atom. The fraction of sp³-hybridized carbons (Fsp3) is 0.441. The lowest BCUT2D eigenvalue weighted by atomic mass is 10.0. The van der Waals surface area contributed by atoms with E-state index in [-0.39, 0.29) is 30.1 Å². The maximum atomic E-state index is 13.8. The fourth-order valence-corrected chi connectivity index (χ4v) is 7.07. The normalized spacial score (nSPS) is 15.1. The molecule has 1 aliphatic heterocycles. The van der Waals surface area contributed by atoms with Crippen molar-refractivity contribution in [3.05, 3.63) is 81.7 Å². The summed E-state index contributed by atoms with van der Waals surface area (Å²) in [6.45, 7) is 5.65. The molecule has 1 aromatic carbocycles. The second-order valence-electron chi connectivity index (χ2n) is 12.2. The van der Waals surface area contributed by atoms with Crippen molar-refractivity contribution in [1.29, 1.82) is 0 Å². The standard InChI is InChI=1S/C34H42N6O4S/c1-22(2)18-26(37-34(44)40-16-10-4-5-11-17-40)32-38-30(31(41)36-27(33(42)43)20-24-12-8-9-15-35-24)29(45-32)19-23-21-39(3)28-14-7-6-13-25(23)28/h6-9,12-15,21-22,26-27H,4-5,10-11,16-20H2,1-3H3,(H,36,41)(H,37,44)(H,42,43)/t26-,27-/m0/s1. The van der Waals surface area contributed by atoms with Crippen LogP contribution in [-0.4, -0.2) is 61.6 Å². The Hall–Kier alpha value is -4.25. The van der Waals surface area contributed by atoms with E-state index in [1.165, 1.54) is 11.3 Å². The lowest BCUT2D eigenvalue weighted by molar-refractivity contribution is -0.139. The number of carbonyl (C=O) groups excluding carboxylic acids is 2. The largest absolute Gasteiger partial charge is 0.480 e. The van der Waals surface area contributed by atoms with Crippen molar-refractivity contribution < 1.29 is 19.5 Å². The zero-order valence-electron chi connectivity index (χ0n) is 26.2. The smallest absolute Gasteiger partial charge is 0.326 e. The third-order valence-electron chi connectivity index (χ3n) is 8.20. The second kappa shape index (κ2) is 14.7. The number of aromatic nitrogens is 3. The molecule has 10 nitrogen and oxygen atoms in total. The van der Waals surface area contributed by atoms with E-state index in [9.17, 15) is 19.5 Å². The number of hydrogen-bond donors (Lipinski definition) is 3. The highest BCUT2D eigenvalue weighted by atomic mass is 32.1. The molecule has 238 valence electrons. The molecule has 0 spiro atoms. The summed E-state index contributed by atoms with van der Waals surface area (Å²) in [6.07, 6.45) is 9.01. The van der Waals surface area contributed by atoms with Crippen LogP contribution in [0, 0.1) is 5.92 Å². The predicted octanol–water partition coefficient (Wildman–Crippen LogP) is 5.72. The summed E-state index contributed by atoms with van der Waals surface area (Å²) in [5.41, 5.74) is 2.86. The summed E-state index contributed by atoms with van der Waals surface area (Å²) in [6, 6.07) is 11.7. The quantitative estimate of drug-likeness (QED) is 0.194. The number of nitrogens with one attached hydrogen (secondary N) is 2. The van der Waals surface area contributed by atoms with Crippen LogP contribution in [0.15, 0.2) is 54.9 Å². The number of para-hydroxylation sites is 1. The van der Waals surface area contributed by atoms with E-state index in [4.69, 9.17) is 4.98 Å². The minimum atomic E-state index is -1.18. The first-order valence-electron chi connectivity index (χ1n) is 15.7. The molecule has 4 aromatic rings. The molecule has 0 saturated carbocycles. The molecule has 45 heavy (non-hydrogen) atoms. The van der Waals surface area contributed by atoms with Crippen molar-refractivity contribution in [2.24, 2.45) is 13.0 Å². The molecule has 3 amide bonds. The first kappa shape index (κ1) is 32.2. The van der Waals surface area contributed by atoms with Gasteiger partial charge in [0.1, 0.15) is 16.7 Å². The van der Waals surface area contributed by atoms with Crippen molar-refractivity contribution >= 4 is 40.1 Å². The van der Waals surface area contributed by atoms with Crippen LogP contribution in [0.3, 0.4) is 0 Å². The molecule has 0 radical (unpaired) electrons. The summed E-state index contributed by atoms with van der Waals surface area (Å²) >= 11 is 1.41. The third kappa shape index (κ3) is 8.08. The molecule has 0 bridgehead atoms. The molecule has 0 aliphatic carbocycles. The Bertz CT molecular complexity index is 1620. The van der Waals surface area contributed by atoms with Crippen LogP contribution >= 0.6 is 11.3 Å². The van der Waals surface area contributed by atoms with Gasteiger partial charge in [-0.05, 0) is 48.9 Å². The number of carboxylic acid groups (broad SMARTS) is 1. The number of pyridine rings is 1. The maximum absolute atomic E-state index is 13.8. The Kier molecular flexibility index (Phi) is 10.5.